The average Bonchev–Trinajstić information content (AvgIpc) is 3.05. The first-order chi connectivity index (χ1) is 13.1. The lowest BCUT2D eigenvalue weighted by atomic mass is 9.98. The molecule has 0 aliphatic carbocycles. The predicted octanol–water partition coefficient (Wildman–Crippen LogP) is 2.83. The van der Waals surface area contributed by atoms with Gasteiger partial charge in [0.2, 0.25) is 0 Å². The molecule has 0 radical (unpaired) electrons. The van der Waals surface area contributed by atoms with Gasteiger partial charge in [-0.05, 0) is 39.3 Å². The Morgan fingerprint density at radius 1 is 1.25 bits per heavy atom. The number of hydrogen-bond acceptors (Lipinski definition) is 5. The van der Waals surface area contributed by atoms with Crippen molar-refractivity contribution in [3.05, 3.63) is 47.4 Å². The van der Waals surface area contributed by atoms with Gasteiger partial charge in [-0.2, -0.15) is 5.10 Å². The molecule has 2 aromatic rings. The van der Waals surface area contributed by atoms with Crippen LogP contribution in [0.1, 0.15) is 43.6 Å². The number of alkyl carbamates (subject to hydrolysis) is 1. The molecule has 1 heterocycles. The molecule has 9 heteroatoms. The number of nitrogens with one attached hydrogen (secondary N) is 3. The van der Waals surface area contributed by atoms with Crippen LogP contribution in [0.2, 0.25) is 0 Å². The zero-order valence-electron chi connectivity index (χ0n) is 16.1. The number of amides is 2. The van der Waals surface area contributed by atoms with Gasteiger partial charge in [-0.25, -0.2) is 9.18 Å². The number of hydrogen-bond donors (Lipinski definition) is 3. The molecule has 8 nitrogen and oxygen atoms in total. The number of Topliss-reactive ketones (excluding diaryl/α,β-unsaturated/α-hetero) is 1. The fourth-order valence-corrected chi connectivity index (χ4v) is 2.39. The summed E-state index contributed by atoms with van der Waals surface area (Å²) < 4.78 is 19.4. The van der Waals surface area contributed by atoms with Crippen molar-refractivity contribution >= 4 is 23.6 Å². The van der Waals surface area contributed by atoms with E-state index in [0.717, 1.165) is 6.07 Å². The second-order valence-electron chi connectivity index (χ2n) is 7.21. The lowest BCUT2D eigenvalue weighted by molar-refractivity contribution is -0.120. The summed E-state index contributed by atoms with van der Waals surface area (Å²) in [7, 11) is 0. The maximum Gasteiger partial charge on any atom is 0.408 e. The number of aromatic nitrogens is 2. The summed E-state index contributed by atoms with van der Waals surface area (Å²) in [5, 5.41) is 11.2. The highest BCUT2D eigenvalue weighted by atomic mass is 19.1. The molecule has 0 fully saturated rings. The summed E-state index contributed by atoms with van der Waals surface area (Å²) in [6.07, 6.45) is 0.469. The standard InChI is InChI=1S/C19H23FN4O4/c1-11(22-18(27)28-19(2,3)4)14(25)10-12-6-5-7-13(20)16(12)17(26)23-15-8-9-21-24-15/h5-9,11H,10H2,1-4H3,(H,22,27)(H2,21,23,24,26)/t11-/m0/s1. The Balaban J connectivity index is 2.10. The Kier molecular flexibility index (Phi) is 6.50. The number of ether oxygens (including phenoxy) is 1. The lowest BCUT2D eigenvalue weighted by Gasteiger charge is -2.21. The van der Waals surface area contributed by atoms with E-state index in [9.17, 15) is 18.8 Å². The molecule has 1 aromatic heterocycles. The Hall–Kier alpha value is -3.23. The van der Waals surface area contributed by atoms with Crippen LogP contribution in [-0.4, -0.2) is 39.6 Å². The number of benzene rings is 1. The molecule has 3 N–H and O–H groups in total. The Labute approximate surface area is 161 Å². The SMILES string of the molecule is C[C@H](NC(=O)OC(C)(C)C)C(=O)Cc1cccc(F)c1C(=O)Nc1ccn[nH]1. The topological polar surface area (TPSA) is 113 Å². The average molecular weight is 390 g/mol. The maximum atomic E-state index is 14.3. The number of nitrogens with zero attached hydrogens (tertiary/aromatic N) is 1. The summed E-state index contributed by atoms with van der Waals surface area (Å²) in [5.74, 6) is -1.56. The number of halogens is 1. The quantitative estimate of drug-likeness (QED) is 0.702. The van der Waals surface area contributed by atoms with Crippen LogP contribution in [0.3, 0.4) is 0 Å². The number of anilines is 1. The largest absolute Gasteiger partial charge is 0.444 e. The van der Waals surface area contributed by atoms with E-state index in [2.05, 4.69) is 20.8 Å². The Morgan fingerprint density at radius 3 is 2.57 bits per heavy atom. The number of aromatic amines is 1. The molecule has 0 saturated heterocycles. The number of carbonyl (C=O) groups is 3. The second-order valence-corrected chi connectivity index (χ2v) is 7.21. The number of carbonyl (C=O) groups excluding carboxylic acids is 3. The molecule has 0 aliphatic rings. The van der Waals surface area contributed by atoms with Crippen LogP contribution in [0.5, 0.6) is 0 Å². The molecule has 1 atom stereocenters. The van der Waals surface area contributed by atoms with Crippen molar-refractivity contribution in [3.8, 4) is 0 Å². The van der Waals surface area contributed by atoms with Gasteiger partial charge in [0.25, 0.3) is 5.91 Å². The van der Waals surface area contributed by atoms with Crippen molar-refractivity contribution in [2.45, 2.75) is 45.8 Å². The number of ketones is 1. The zero-order valence-corrected chi connectivity index (χ0v) is 16.1. The monoisotopic (exact) mass is 390 g/mol. The molecular formula is C19H23FN4O4. The van der Waals surface area contributed by atoms with E-state index in [1.54, 1.807) is 20.8 Å². The smallest absolute Gasteiger partial charge is 0.408 e. The molecule has 0 saturated carbocycles. The molecule has 0 aliphatic heterocycles. The van der Waals surface area contributed by atoms with E-state index < -0.39 is 35.2 Å². The Bertz CT molecular complexity index is 859. The first kappa shape index (κ1) is 21.1. The van der Waals surface area contributed by atoms with Gasteiger partial charge < -0.3 is 15.4 Å². The van der Waals surface area contributed by atoms with Crippen LogP contribution in [0, 0.1) is 5.82 Å². The molecule has 28 heavy (non-hydrogen) atoms. The van der Waals surface area contributed by atoms with E-state index in [4.69, 9.17) is 4.74 Å². The summed E-state index contributed by atoms with van der Waals surface area (Å²) >= 11 is 0. The molecule has 0 spiro atoms. The summed E-state index contributed by atoms with van der Waals surface area (Å²) in [4.78, 5) is 36.7. The lowest BCUT2D eigenvalue weighted by Crippen LogP contribution is -2.42. The fourth-order valence-electron chi connectivity index (χ4n) is 2.39. The maximum absolute atomic E-state index is 14.3. The minimum absolute atomic E-state index is 0.208. The van der Waals surface area contributed by atoms with Crippen molar-refractivity contribution in [3.63, 3.8) is 0 Å². The molecule has 0 bridgehead atoms. The zero-order chi connectivity index (χ0) is 20.9. The third-order valence-electron chi connectivity index (χ3n) is 3.66. The van der Waals surface area contributed by atoms with Crippen molar-refractivity contribution in [2.24, 2.45) is 0 Å². The van der Waals surface area contributed by atoms with Gasteiger partial charge in [0.15, 0.2) is 5.78 Å². The number of H-pyrrole nitrogens is 1. The normalized spacial score (nSPS) is 12.2. The summed E-state index contributed by atoms with van der Waals surface area (Å²) in [6.45, 7) is 6.61. The van der Waals surface area contributed by atoms with E-state index in [1.807, 2.05) is 0 Å². The molecule has 150 valence electrons. The molecule has 0 unspecified atom stereocenters. The van der Waals surface area contributed by atoms with Gasteiger partial charge in [-0.15, -0.1) is 0 Å². The van der Waals surface area contributed by atoms with Crippen molar-refractivity contribution in [1.29, 1.82) is 0 Å². The van der Waals surface area contributed by atoms with Gasteiger partial charge in [0, 0.05) is 12.5 Å². The number of rotatable bonds is 6. The van der Waals surface area contributed by atoms with Crippen molar-refractivity contribution in [2.75, 3.05) is 5.32 Å². The molecule has 2 amide bonds. The van der Waals surface area contributed by atoms with E-state index in [1.165, 1.54) is 31.3 Å². The molecule has 1 aromatic carbocycles. The minimum Gasteiger partial charge on any atom is -0.444 e. The van der Waals surface area contributed by atoms with Crippen LogP contribution in [0.15, 0.2) is 30.5 Å². The summed E-state index contributed by atoms with van der Waals surface area (Å²) in [6, 6.07) is 4.68. The summed E-state index contributed by atoms with van der Waals surface area (Å²) in [5.41, 5.74) is -0.734. The van der Waals surface area contributed by atoms with E-state index in [-0.39, 0.29) is 17.5 Å². The minimum atomic E-state index is -0.873. The molecular weight excluding hydrogens is 367 g/mol. The van der Waals surface area contributed by atoms with Crippen molar-refractivity contribution < 1.29 is 23.5 Å². The van der Waals surface area contributed by atoms with Crippen LogP contribution >= 0.6 is 0 Å². The van der Waals surface area contributed by atoms with Crippen LogP contribution in [0.25, 0.3) is 0 Å². The highest BCUT2D eigenvalue weighted by molar-refractivity contribution is 6.06. The first-order valence-corrected chi connectivity index (χ1v) is 8.67. The van der Waals surface area contributed by atoms with Gasteiger partial charge in [-0.1, -0.05) is 12.1 Å². The Morgan fingerprint density at radius 2 is 1.96 bits per heavy atom. The van der Waals surface area contributed by atoms with Crippen LogP contribution in [-0.2, 0) is 16.0 Å². The third-order valence-corrected chi connectivity index (χ3v) is 3.66. The van der Waals surface area contributed by atoms with E-state index >= 15 is 0 Å². The first-order valence-electron chi connectivity index (χ1n) is 8.67. The van der Waals surface area contributed by atoms with Gasteiger partial charge in [-0.3, -0.25) is 14.7 Å². The highest BCUT2D eigenvalue weighted by Crippen LogP contribution is 2.17. The molecule has 2 rings (SSSR count). The van der Waals surface area contributed by atoms with Gasteiger partial charge >= 0.3 is 6.09 Å². The third kappa shape index (κ3) is 5.90. The highest BCUT2D eigenvalue weighted by Gasteiger charge is 2.24. The second kappa shape index (κ2) is 8.64. The fraction of sp³-hybridized carbons (Fsp3) is 0.368. The predicted molar refractivity (Wildman–Crippen MR) is 100 cm³/mol. The van der Waals surface area contributed by atoms with E-state index in [0.29, 0.717) is 5.82 Å². The van der Waals surface area contributed by atoms with Crippen molar-refractivity contribution in [1.82, 2.24) is 15.5 Å². The van der Waals surface area contributed by atoms with Crippen LogP contribution in [0.4, 0.5) is 15.0 Å². The van der Waals surface area contributed by atoms with Gasteiger partial charge in [0.1, 0.15) is 17.2 Å². The van der Waals surface area contributed by atoms with Crippen LogP contribution < -0.4 is 10.6 Å². The van der Waals surface area contributed by atoms with Gasteiger partial charge in [0.05, 0.1) is 17.8 Å².